The van der Waals surface area contributed by atoms with Crippen molar-refractivity contribution in [1.29, 1.82) is 0 Å². The molecular weight excluding hydrogens is 259 g/mol. The van der Waals surface area contributed by atoms with E-state index >= 15 is 0 Å². The standard InChI is InChI=1S/C13H14F3NO2/c1-9-3-5-10(6-4-9)17-11(13(14,15)16)7-8-12(18)19-2/h3-6H,7-8H2,1-2H3. The van der Waals surface area contributed by atoms with Gasteiger partial charge in [0.25, 0.3) is 0 Å². The van der Waals surface area contributed by atoms with Crippen LogP contribution in [0, 0.1) is 6.92 Å². The third-order valence-electron chi connectivity index (χ3n) is 2.42. The first-order chi connectivity index (χ1) is 8.82. The molecule has 19 heavy (non-hydrogen) atoms. The number of esters is 1. The molecule has 0 saturated heterocycles. The van der Waals surface area contributed by atoms with Crippen molar-refractivity contribution in [3.8, 4) is 0 Å². The van der Waals surface area contributed by atoms with Gasteiger partial charge in [0.05, 0.1) is 19.2 Å². The molecule has 3 nitrogen and oxygen atoms in total. The molecular formula is C13H14F3NO2. The summed E-state index contributed by atoms with van der Waals surface area (Å²) in [6.07, 6.45) is -5.40. The number of hydrogen-bond donors (Lipinski definition) is 0. The van der Waals surface area contributed by atoms with Crippen molar-refractivity contribution in [2.24, 2.45) is 4.99 Å². The number of carbonyl (C=O) groups is 1. The van der Waals surface area contributed by atoms with Gasteiger partial charge in [0, 0.05) is 6.42 Å². The first kappa shape index (κ1) is 15.2. The zero-order valence-electron chi connectivity index (χ0n) is 10.6. The summed E-state index contributed by atoms with van der Waals surface area (Å²) in [5, 5.41) is 0. The molecule has 0 aromatic heterocycles. The largest absolute Gasteiger partial charge is 0.469 e. The van der Waals surface area contributed by atoms with E-state index in [9.17, 15) is 18.0 Å². The molecule has 0 aliphatic heterocycles. The number of nitrogens with zero attached hydrogens (tertiary/aromatic N) is 1. The van der Waals surface area contributed by atoms with Gasteiger partial charge in [-0.2, -0.15) is 13.2 Å². The summed E-state index contributed by atoms with van der Waals surface area (Å²) in [6, 6.07) is 6.35. The molecule has 0 unspecified atom stereocenters. The van der Waals surface area contributed by atoms with Gasteiger partial charge in [0.2, 0.25) is 0 Å². The molecule has 0 amide bonds. The predicted molar refractivity (Wildman–Crippen MR) is 65.6 cm³/mol. The molecule has 0 fully saturated rings. The number of aryl methyl sites for hydroxylation is 1. The summed E-state index contributed by atoms with van der Waals surface area (Å²) in [5.41, 5.74) is 0.159. The average Bonchev–Trinajstić information content (AvgIpc) is 2.34. The van der Waals surface area contributed by atoms with Gasteiger partial charge in [0.1, 0.15) is 5.71 Å². The van der Waals surface area contributed by atoms with Gasteiger partial charge in [-0.15, -0.1) is 0 Å². The van der Waals surface area contributed by atoms with Crippen LogP contribution >= 0.6 is 0 Å². The van der Waals surface area contributed by atoms with Gasteiger partial charge < -0.3 is 4.74 Å². The number of hydrogen-bond acceptors (Lipinski definition) is 3. The van der Waals surface area contributed by atoms with Crippen LogP contribution in [0.2, 0.25) is 0 Å². The van der Waals surface area contributed by atoms with Gasteiger partial charge in [-0.25, -0.2) is 4.99 Å². The van der Waals surface area contributed by atoms with Crippen molar-refractivity contribution in [2.45, 2.75) is 25.9 Å². The van der Waals surface area contributed by atoms with Crippen LogP contribution in [0.15, 0.2) is 29.3 Å². The number of ether oxygens (including phenoxy) is 1. The first-order valence-electron chi connectivity index (χ1n) is 5.61. The maximum atomic E-state index is 12.8. The van der Waals surface area contributed by atoms with Crippen LogP contribution in [0.4, 0.5) is 18.9 Å². The number of rotatable bonds is 4. The fourth-order valence-corrected chi connectivity index (χ4v) is 1.36. The van der Waals surface area contributed by atoms with Crippen LogP contribution in [-0.4, -0.2) is 25.0 Å². The molecule has 1 aromatic rings. The summed E-state index contributed by atoms with van der Waals surface area (Å²) in [4.78, 5) is 14.5. The lowest BCUT2D eigenvalue weighted by molar-refractivity contribution is -0.140. The first-order valence-corrected chi connectivity index (χ1v) is 5.61. The smallest absolute Gasteiger partial charge is 0.429 e. The van der Waals surface area contributed by atoms with Gasteiger partial charge in [0.15, 0.2) is 0 Å². The van der Waals surface area contributed by atoms with E-state index in [1.807, 2.05) is 6.92 Å². The van der Waals surface area contributed by atoms with Gasteiger partial charge in [-0.3, -0.25) is 4.79 Å². The van der Waals surface area contributed by atoms with Crippen molar-refractivity contribution in [2.75, 3.05) is 7.11 Å². The Labute approximate surface area is 109 Å². The SMILES string of the molecule is COC(=O)CCC(=Nc1ccc(C)cc1)C(F)(F)F. The van der Waals surface area contributed by atoms with Gasteiger partial charge in [-0.05, 0) is 19.1 Å². The zero-order valence-corrected chi connectivity index (χ0v) is 10.6. The van der Waals surface area contributed by atoms with Crippen molar-refractivity contribution in [3.63, 3.8) is 0 Å². The lowest BCUT2D eigenvalue weighted by atomic mass is 10.2. The molecule has 0 heterocycles. The van der Waals surface area contributed by atoms with E-state index in [0.29, 0.717) is 0 Å². The Morgan fingerprint density at radius 2 is 1.79 bits per heavy atom. The Morgan fingerprint density at radius 3 is 2.26 bits per heavy atom. The lowest BCUT2D eigenvalue weighted by Crippen LogP contribution is -2.23. The van der Waals surface area contributed by atoms with Crippen molar-refractivity contribution in [1.82, 2.24) is 0 Å². The summed E-state index contributed by atoms with van der Waals surface area (Å²) < 4.78 is 42.6. The molecule has 1 rings (SSSR count). The highest BCUT2D eigenvalue weighted by Crippen LogP contribution is 2.24. The average molecular weight is 273 g/mol. The second-order valence-electron chi connectivity index (χ2n) is 3.97. The Balaban J connectivity index is 2.90. The molecule has 0 saturated carbocycles. The second kappa shape index (κ2) is 6.36. The van der Waals surface area contributed by atoms with E-state index in [1.165, 1.54) is 12.1 Å². The summed E-state index contributed by atoms with van der Waals surface area (Å²) in [7, 11) is 1.13. The Hall–Kier alpha value is -1.85. The normalized spacial score (nSPS) is 12.4. The van der Waals surface area contributed by atoms with E-state index in [0.717, 1.165) is 12.7 Å². The monoisotopic (exact) mass is 273 g/mol. The molecule has 0 bridgehead atoms. The molecule has 0 radical (unpaired) electrons. The van der Waals surface area contributed by atoms with E-state index in [-0.39, 0.29) is 12.1 Å². The molecule has 104 valence electrons. The summed E-state index contributed by atoms with van der Waals surface area (Å²) >= 11 is 0. The van der Waals surface area contributed by atoms with Gasteiger partial charge >= 0.3 is 12.1 Å². The number of carbonyl (C=O) groups excluding carboxylic acids is 1. The minimum absolute atomic E-state index is 0.211. The maximum absolute atomic E-state index is 12.8. The van der Waals surface area contributed by atoms with E-state index in [2.05, 4.69) is 9.73 Å². The number of benzene rings is 1. The van der Waals surface area contributed by atoms with Crippen LogP contribution in [-0.2, 0) is 9.53 Å². The van der Waals surface area contributed by atoms with Gasteiger partial charge in [-0.1, -0.05) is 17.7 Å². The van der Waals surface area contributed by atoms with Crippen LogP contribution in [0.1, 0.15) is 18.4 Å². The molecule has 1 aromatic carbocycles. The van der Waals surface area contributed by atoms with Crippen LogP contribution < -0.4 is 0 Å². The predicted octanol–water partition coefficient (Wildman–Crippen LogP) is 3.58. The number of halogens is 3. The topological polar surface area (TPSA) is 38.7 Å². The lowest BCUT2D eigenvalue weighted by Gasteiger charge is -2.10. The van der Waals surface area contributed by atoms with E-state index in [1.54, 1.807) is 12.1 Å². The van der Waals surface area contributed by atoms with E-state index < -0.39 is 24.3 Å². The quantitative estimate of drug-likeness (QED) is 0.621. The molecule has 0 spiro atoms. The summed E-state index contributed by atoms with van der Waals surface area (Å²) in [5.74, 6) is -0.694. The second-order valence-corrected chi connectivity index (χ2v) is 3.97. The van der Waals surface area contributed by atoms with Crippen molar-refractivity contribution >= 4 is 17.4 Å². The third-order valence-corrected chi connectivity index (χ3v) is 2.42. The highest BCUT2D eigenvalue weighted by molar-refractivity contribution is 5.93. The molecule has 0 N–H and O–H groups in total. The maximum Gasteiger partial charge on any atom is 0.429 e. The zero-order chi connectivity index (χ0) is 14.5. The van der Waals surface area contributed by atoms with Crippen LogP contribution in [0.3, 0.4) is 0 Å². The highest BCUT2D eigenvalue weighted by Gasteiger charge is 2.35. The van der Waals surface area contributed by atoms with Crippen LogP contribution in [0.25, 0.3) is 0 Å². The number of alkyl halides is 3. The minimum Gasteiger partial charge on any atom is -0.469 e. The van der Waals surface area contributed by atoms with Crippen molar-refractivity contribution in [3.05, 3.63) is 29.8 Å². The number of methoxy groups -OCH3 is 1. The molecule has 6 heteroatoms. The fourth-order valence-electron chi connectivity index (χ4n) is 1.36. The highest BCUT2D eigenvalue weighted by atomic mass is 19.4. The number of aliphatic imine (C=N–C) groups is 1. The molecule has 0 atom stereocenters. The Morgan fingerprint density at radius 1 is 1.21 bits per heavy atom. The van der Waals surface area contributed by atoms with Crippen molar-refractivity contribution < 1.29 is 22.7 Å². The Bertz CT molecular complexity index is 464. The fraction of sp³-hybridized carbons (Fsp3) is 0.385. The third kappa shape index (κ3) is 5.11. The summed E-state index contributed by atoms with van der Waals surface area (Å²) in [6.45, 7) is 1.83. The molecule has 0 aliphatic carbocycles. The molecule has 0 aliphatic rings. The van der Waals surface area contributed by atoms with Crippen LogP contribution in [0.5, 0.6) is 0 Å². The minimum atomic E-state index is -4.56. The van der Waals surface area contributed by atoms with E-state index in [4.69, 9.17) is 0 Å². The Kier molecular flexibility index (Phi) is 5.09.